The average Bonchev–Trinajstić information content (AvgIpc) is 3.34. The Labute approximate surface area is 228 Å². The number of rotatable bonds is 5. The van der Waals surface area contributed by atoms with E-state index >= 15 is 0 Å². The van der Waals surface area contributed by atoms with Crippen molar-refractivity contribution in [2.75, 3.05) is 40.4 Å². The molecule has 0 radical (unpaired) electrons. The van der Waals surface area contributed by atoms with Gasteiger partial charge >= 0.3 is 6.09 Å². The van der Waals surface area contributed by atoms with Crippen LogP contribution in [-0.2, 0) is 15.1 Å². The van der Waals surface area contributed by atoms with E-state index < -0.39 is 5.60 Å². The molecule has 0 spiro atoms. The van der Waals surface area contributed by atoms with Crippen molar-refractivity contribution in [3.8, 4) is 17.3 Å². The number of aromatic nitrogens is 2. The largest absolute Gasteiger partial charge is 0.453 e. The number of likely N-dealkylation sites (tertiary alicyclic amines) is 2. The molecule has 0 unspecified atom stereocenters. The number of methoxy groups -OCH3 is 2. The van der Waals surface area contributed by atoms with E-state index in [1.807, 2.05) is 61.2 Å². The normalized spacial score (nSPS) is 16.9. The molecule has 5 rings (SSSR count). The highest BCUT2D eigenvalue weighted by molar-refractivity contribution is 5.96. The summed E-state index contributed by atoms with van der Waals surface area (Å²) in [5.74, 6) is 1.01. The van der Waals surface area contributed by atoms with Gasteiger partial charge < -0.3 is 24.3 Å². The third-order valence-corrected chi connectivity index (χ3v) is 8.14. The first-order valence-electron chi connectivity index (χ1n) is 13.1. The number of hydrogen-bond donors (Lipinski definition) is 1. The lowest BCUT2D eigenvalue weighted by Crippen LogP contribution is -2.48. The number of nitrogens with one attached hydrogen (secondary N) is 1. The minimum absolute atomic E-state index is 0.00193. The molecule has 0 atom stereocenters. The van der Waals surface area contributed by atoms with Crippen molar-refractivity contribution in [1.82, 2.24) is 19.8 Å². The highest BCUT2D eigenvalue weighted by Gasteiger charge is 2.41. The first-order valence-corrected chi connectivity index (χ1v) is 13.1. The van der Waals surface area contributed by atoms with Crippen LogP contribution in [0.3, 0.4) is 0 Å². The molecule has 2 aliphatic heterocycles. The van der Waals surface area contributed by atoms with E-state index in [-0.39, 0.29) is 17.9 Å². The number of benzene rings is 2. The lowest BCUT2D eigenvalue weighted by Gasteiger charge is -2.39. The molecule has 0 bridgehead atoms. The van der Waals surface area contributed by atoms with Crippen molar-refractivity contribution in [2.45, 2.75) is 38.2 Å². The second-order valence-electron chi connectivity index (χ2n) is 10.4. The number of hydrogen-bond acceptors (Lipinski definition) is 6. The fraction of sp³-hybridized carbons (Fsp3) is 0.400. The summed E-state index contributed by atoms with van der Waals surface area (Å²) in [5, 5.41) is 9.02. The smallest absolute Gasteiger partial charge is 0.409 e. The number of ether oxygens (including phenoxy) is 2. The SMILES string of the molecule is COC(=O)N1CCC(OC)(c2nc(C)c(-c3cc(C(=O)N4CC(c5ccc(C#N)cc5)C4)ccc3C)[nH]2)CC1. The zero-order valence-corrected chi connectivity index (χ0v) is 22.8. The molecule has 3 aromatic rings. The monoisotopic (exact) mass is 527 g/mol. The van der Waals surface area contributed by atoms with Crippen LogP contribution in [0.4, 0.5) is 4.79 Å². The molecular formula is C30H33N5O4. The molecule has 2 saturated heterocycles. The van der Waals surface area contributed by atoms with Crippen molar-refractivity contribution in [1.29, 1.82) is 5.26 Å². The number of aromatic amines is 1. The summed E-state index contributed by atoms with van der Waals surface area (Å²) in [6.45, 7) is 6.30. The summed E-state index contributed by atoms with van der Waals surface area (Å²) in [7, 11) is 3.06. The minimum Gasteiger partial charge on any atom is -0.453 e. The summed E-state index contributed by atoms with van der Waals surface area (Å²) in [6.07, 6.45) is 0.856. The summed E-state index contributed by atoms with van der Waals surface area (Å²) < 4.78 is 10.9. The van der Waals surface area contributed by atoms with Crippen LogP contribution in [0.15, 0.2) is 42.5 Å². The van der Waals surface area contributed by atoms with E-state index in [0.29, 0.717) is 50.1 Å². The average molecular weight is 528 g/mol. The third kappa shape index (κ3) is 4.88. The number of nitriles is 1. The van der Waals surface area contributed by atoms with Gasteiger partial charge in [0.2, 0.25) is 0 Å². The molecule has 2 aliphatic rings. The topological polar surface area (TPSA) is 112 Å². The molecule has 39 heavy (non-hydrogen) atoms. The number of imidazole rings is 1. The van der Waals surface area contributed by atoms with Crippen molar-refractivity contribution >= 4 is 12.0 Å². The summed E-state index contributed by atoms with van der Waals surface area (Å²) >= 11 is 0. The van der Waals surface area contributed by atoms with Crippen molar-refractivity contribution < 1.29 is 19.1 Å². The van der Waals surface area contributed by atoms with Crippen LogP contribution in [-0.4, -0.2) is 72.2 Å². The predicted octanol–water partition coefficient (Wildman–Crippen LogP) is 4.51. The van der Waals surface area contributed by atoms with Crippen LogP contribution < -0.4 is 0 Å². The van der Waals surface area contributed by atoms with Gasteiger partial charge in [0, 0.05) is 63.2 Å². The Morgan fingerprint density at radius 3 is 2.36 bits per heavy atom. The molecule has 2 aromatic carbocycles. The quantitative estimate of drug-likeness (QED) is 0.523. The van der Waals surface area contributed by atoms with Gasteiger partial charge in [-0.25, -0.2) is 9.78 Å². The number of nitrogens with zero attached hydrogens (tertiary/aromatic N) is 4. The number of amides is 2. The van der Waals surface area contributed by atoms with Crippen LogP contribution in [0.25, 0.3) is 11.3 Å². The van der Waals surface area contributed by atoms with E-state index in [0.717, 1.165) is 33.9 Å². The zero-order valence-electron chi connectivity index (χ0n) is 22.8. The Morgan fingerprint density at radius 1 is 1.05 bits per heavy atom. The molecule has 3 heterocycles. The fourth-order valence-electron chi connectivity index (χ4n) is 5.55. The molecule has 1 N–H and O–H groups in total. The van der Waals surface area contributed by atoms with E-state index in [9.17, 15) is 9.59 Å². The van der Waals surface area contributed by atoms with Gasteiger partial charge in [0.25, 0.3) is 5.91 Å². The van der Waals surface area contributed by atoms with Crippen LogP contribution in [0, 0.1) is 25.2 Å². The lowest BCUT2D eigenvalue weighted by molar-refractivity contribution is -0.0649. The number of aryl methyl sites for hydroxylation is 2. The highest BCUT2D eigenvalue weighted by atomic mass is 16.5. The Balaban J connectivity index is 1.33. The fourth-order valence-corrected chi connectivity index (χ4v) is 5.55. The Bertz CT molecular complexity index is 1420. The maximum absolute atomic E-state index is 13.3. The van der Waals surface area contributed by atoms with Crippen LogP contribution in [0.5, 0.6) is 0 Å². The third-order valence-electron chi connectivity index (χ3n) is 8.14. The molecule has 9 heteroatoms. The van der Waals surface area contributed by atoms with Gasteiger partial charge in [-0.15, -0.1) is 0 Å². The van der Waals surface area contributed by atoms with Crippen molar-refractivity contribution in [3.05, 3.63) is 76.2 Å². The van der Waals surface area contributed by atoms with Gasteiger partial charge in [0.05, 0.1) is 30.1 Å². The molecule has 9 nitrogen and oxygen atoms in total. The van der Waals surface area contributed by atoms with E-state index in [1.54, 1.807) is 12.0 Å². The summed E-state index contributed by atoms with van der Waals surface area (Å²) in [5.41, 5.74) is 5.45. The first kappa shape index (κ1) is 26.4. The Hall–Kier alpha value is -4.16. The van der Waals surface area contributed by atoms with Crippen LogP contribution in [0.1, 0.15) is 57.3 Å². The van der Waals surface area contributed by atoms with Gasteiger partial charge in [-0.2, -0.15) is 5.26 Å². The van der Waals surface area contributed by atoms with E-state index in [4.69, 9.17) is 19.7 Å². The summed E-state index contributed by atoms with van der Waals surface area (Å²) in [4.78, 5) is 37.2. The summed E-state index contributed by atoms with van der Waals surface area (Å²) in [6, 6.07) is 15.5. The van der Waals surface area contributed by atoms with Crippen LogP contribution >= 0.6 is 0 Å². The van der Waals surface area contributed by atoms with E-state index in [1.165, 1.54) is 7.11 Å². The number of carbonyl (C=O) groups is 2. The molecule has 202 valence electrons. The maximum Gasteiger partial charge on any atom is 0.409 e. The molecule has 2 amide bonds. The predicted molar refractivity (Wildman–Crippen MR) is 145 cm³/mol. The van der Waals surface area contributed by atoms with Gasteiger partial charge in [-0.1, -0.05) is 18.2 Å². The van der Waals surface area contributed by atoms with Gasteiger partial charge in [0.1, 0.15) is 11.4 Å². The molecule has 1 aromatic heterocycles. The zero-order chi connectivity index (χ0) is 27.7. The molecular weight excluding hydrogens is 494 g/mol. The Kier molecular flexibility index (Phi) is 7.15. The van der Waals surface area contributed by atoms with Crippen molar-refractivity contribution in [3.63, 3.8) is 0 Å². The highest BCUT2D eigenvalue weighted by Crippen LogP contribution is 2.38. The Morgan fingerprint density at radius 2 is 1.74 bits per heavy atom. The number of piperidine rings is 1. The molecule has 2 fully saturated rings. The lowest BCUT2D eigenvalue weighted by atomic mass is 9.90. The second-order valence-corrected chi connectivity index (χ2v) is 10.4. The van der Waals surface area contributed by atoms with Gasteiger partial charge in [-0.3, -0.25) is 4.79 Å². The molecule has 0 saturated carbocycles. The van der Waals surface area contributed by atoms with Gasteiger partial charge in [0.15, 0.2) is 0 Å². The number of carbonyl (C=O) groups excluding carboxylic acids is 2. The second kappa shape index (κ2) is 10.5. The number of H-pyrrole nitrogens is 1. The molecule has 0 aliphatic carbocycles. The van der Waals surface area contributed by atoms with Crippen molar-refractivity contribution in [2.24, 2.45) is 0 Å². The first-order chi connectivity index (χ1) is 18.8. The van der Waals surface area contributed by atoms with Gasteiger partial charge in [-0.05, 0) is 49.2 Å². The van der Waals surface area contributed by atoms with E-state index in [2.05, 4.69) is 11.1 Å². The van der Waals surface area contributed by atoms with Crippen LogP contribution in [0.2, 0.25) is 0 Å². The maximum atomic E-state index is 13.3. The standard InChI is InChI=1S/C30H33N5O4/c1-19-5-8-23(27(36)35-17-24(18-35)22-9-6-21(16-31)7-10-22)15-25(19)26-20(2)32-28(33-26)30(39-4)11-13-34(14-12-30)29(37)38-3/h5-10,15,24H,11-14,17-18H2,1-4H3,(H,32,33). The minimum atomic E-state index is -0.632.